The molecule has 0 fully saturated rings. The molecule has 0 aliphatic heterocycles. The number of carbonyl (C=O) groups excluding carboxylic acids is 2. The van der Waals surface area contributed by atoms with Gasteiger partial charge in [-0.25, -0.2) is 9.67 Å². The van der Waals surface area contributed by atoms with E-state index in [-0.39, 0.29) is 18.2 Å². The van der Waals surface area contributed by atoms with Gasteiger partial charge >= 0.3 is 0 Å². The molecule has 3 rings (SSSR count). The number of nitrogens with one attached hydrogen (secondary N) is 2. The fraction of sp³-hybridized carbons (Fsp3) is 0.333. The van der Waals surface area contributed by atoms with Gasteiger partial charge in [0, 0.05) is 31.9 Å². The highest BCUT2D eigenvalue weighted by Gasteiger charge is 2.19. The highest BCUT2D eigenvalue weighted by atomic mass is 35.5. The van der Waals surface area contributed by atoms with Crippen molar-refractivity contribution in [2.45, 2.75) is 26.7 Å². The molecule has 1 aromatic carbocycles. The molecule has 0 unspecified atom stereocenters. The maximum atomic E-state index is 12.5. The Morgan fingerprint density at radius 2 is 2.00 bits per heavy atom. The summed E-state index contributed by atoms with van der Waals surface area (Å²) in [4.78, 5) is 29.1. The van der Waals surface area contributed by atoms with Crippen LogP contribution in [0.4, 0.5) is 5.69 Å². The van der Waals surface area contributed by atoms with Crippen molar-refractivity contribution in [2.24, 2.45) is 7.05 Å². The molecule has 0 aliphatic carbocycles. The van der Waals surface area contributed by atoms with Gasteiger partial charge in [0.2, 0.25) is 11.8 Å². The lowest BCUT2D eigenvalue weighted by Gasteiger charge is -2.12. The maximum Gasteiger partial charge on any atom is 0.252 e. The molecule has 2 N–H and O–H groups in total. The lowest BCUT2D eigenvalue weighted by Crippen LogP contribution is -2.19. The van der Waals surface area contributed by atoms with Crippen molar-refractivity contribution in [2.75, 3.05) is 19.5 Å². The monoisotopic (exact) mass is 429 g/mol. The number of rotatable bonds is 6. The Morgan fingerprint density at radius 1 is 1.27 bits per heavy atom. The summed E-state index contributed by atoms with van der Waals surface area (Å²) in [7, 11) is 4.92. The molecular weight excluding hydrogens is 406 g/mol. The molecule has 3 aromatic rings. The smallest absolute Gasteiger partial charge is 0.252 e. The number of amides is 2. The quantitative estimate of drug-likeness (QED) is 0.627. The molecule has 0 aliphatic rings. The van der Waals surface area contributed by atoms with Crippen LogP contribution in [0.15, 0.2) is 18.2 Å². The SMILES string of the molecule is CNC(=O)c1cc(NC(=O)CCc2c(C)nc3c(c(OC)nn3C)c2C)ccc1Cl. The van der Waals surface area contributed by atoms with E-state index in [1.165, 1.54) is 7.05 Å². The number of anilines is 1. The van der Waals surface area contributed by atoms with Crippen LogP contribution in [0, 0.1) is 13.8 Å². The molecule has 30 heavy (non-hydrogen) atoms. The minimum Gasteiger partial charge on any atom is -0.479 e. The topological polar surface area (TPSA) is 98.1 Å². The van der Waals surface area contributed by atoms with Gasteiger partial charge in [0.1, 0.15) is 0 Å². The first-order valence-electron chi connectivity index (χ1n) is 9.45. The van der Waals surface area contributed by atoms with Gasteiger partial charge in [-0.3, -0.25) is 9.59 Å². The summed E-state index contributed by atoms with van der Waals surface area (Å²) >= 11 is 6.06. The van der Waals surface area contributed by atoms with Crippen LogP contribution in [0.5, 0.6) is 5.88 Å². The van der Waals surface area contributed by atoms with Crippen LogP contribution in [0.3, 0.4) is 0 Å². The van der Waals surface area contributed by atoms with Crippen LogP contribution >= 0.6 is 11.6 Å². The number of carbonyl (C=O) groups is 2. The fourth-order valence-corrected chi connectivity index (χ4v) is 3.68. The number of benzene rings is 1. The number of ether oxygens (including phenoxy) is 1. The molecule has 0 spiro atoms. The van der Waals surface area contributed by atoms with Gasteiger partial charge in [0.05, 0.1) is 23.1 Å². The van der Waals surface area contributed by atoms with Gasteiger partial charge in [0.15, 0.2) is 5.65 Å². The predicted octanol–water partition coefficient (Wildman–Crippen LogP) is 3.18. The second-order valence-electron chi connectivity index (χ2n) is 6.95. The van der Waals surface area contributed by atoms with E-state index in [9.17, 15) is 9.59 Å². The minimum absolute atomic E-state index is 0.169. The molecule has 9 heteroatoms. The average Bonchev–Trinajstić information content (AvgIpc) is 3.04. The van der Waals surface area contributed by atoms with Crippen molar-refractivity contribution in [1.82, 2.24) is 20.1 Å². The fourth-order valence-electron chi connectivity index (χ4n) is 3.48. The molecule has 0 bridgehead atoms. The Morgan fingerprint density at radius 3 is 2.67 bits per heavy atom. The van der Waals surface area contributed by atoms with Crippen molar-refractivity contribution < 1.29 is 14.3 Å². The number of hydrogen-bond acceptors (Lipinski definition) is 5. The van der Waals surface area contributed by atoms with Gasteiger partial charge < -0.3 is 15.4 Å². The van der Waals surface area contributed by atoms with E-state index in [0.717, 1.165) is 27.9 Å². The van der Waals surface area contributed by atoms with E-state index in [2.05, 4.69) is 20.7 Å². The van der Waals surface area contributed by atoms with Gasteiger partial charge in [-0.05, 0) is 49.6 Å². The molecule has 0 saturated heterocycles. The Labute approximate surface area is 179 Å². The normalized spacial score (nSPS) is 10.9. The van der Waals surface area contributed by atoms with E-state index in [0.29, 0.717) is 28.6 Å². The summed E-state index contributed by atoms with van der Waals surface area (Å²) in [5.74, 6) is 0.0375. The van der Waals surface area contributed by atoms with E-state index in [4.69, 9.17) is 16.3 Å². The van der Waals surface area contributed by atoms with Gasteiger partial charge in [-0.15, -0.1) is 5.10 Å². The predicted molar refractivity (Wildman–Crippen MR) is 116 cm³/mol. The lowest BCUT2D eigenvalue weighted by atomic mass is 10.00. The molecule has 0 saturated carbocycles. The number of halogens is 1. The van der Waals surface area contributed by atoms with Crippen molar-refractivity contribution >= 4 is 40.1 Å². The zero-order valence-electron chi connectivity index (χ0n) is 17.6. The zero-order chi connectivity index (χ0) is 22.0. The van der Waals surface area contributed by atoms with Crippen molar-refractivity contribution in [3.63, 3.8) is 0 Å². The van der Waals surface area contributed by atoms with Crippen LogP contribution in [0.25, 0.3) is 11.0 Å². The molecule has 2 heterocycles. The van der Waals surface area contributed by atoms with Crippen molar-refractivity contribution in [3.05, 3.63) is 45.6 Å². The summed E-state index contributed by atoms with van der Waals surface area (Å²) in [6.45, 7) is 3.91. The summed E-state index contributed by atoms with van der Waals surface area (Å²) in [5, 5.41) is 10.9. The minimum atomic E-state index is -0.313. The number of methoxy groups -OCH3 is 1. The van der Waals surface area contributed by atoms with Crippen LogP contribution in [0.1, 0.15) is 33.6 Å². The first-order chi connectivity index (χ1) is 14.3. The Kier molecular flexibility index (Phi) is 6.26. The van der Waals surface area contributed by atoms with E-state index < -0.39 is 0 Å². The highest BCUT2D eigenvalue weighted by Crippen LogP contribution is 2.30. The van der Waals surface area contributed by atoms with Crippen LogP contribution < -0.4 is 15.4 Å². The van der Waals surface area contributed by atoms with E-state index in [1.54, 1.807) is 30.0 Å². The Hall–Kier alpha value is -3.13. The standard InChI is InChI=1S/C21H24ClN5O3/c1-11-14(12(2)24-19-18(11)21(30-5)26-27(19)4)7-9-17(28)25-13-6-8-16(22)15(10-13)20(29)23-3/h6,8,10H,7,9H2,1-5H3,(H,23,29)(H,25,28). The van der Waals surface area contributed by atoms with Gasteiger partial charge in [0.25, 0.3) is 5.91 Å². The van der Waals surface area contributed by atoms with Gasteiger partial charge in [-0.1, -0.05) is 11.6 Å². The van der Waals surface area contributed by atoms with Crippen molar-refractivity contribution in [3.8, 4) is 5.88 Å². The second kappa shape index (κ2) is 8.71. The summed E-state index contributed by atoms with van der Waals surface area (Å²) in [6, 6.07) is 4.81. The summed E-state index contributed by atoms with van der Waals surface area (Å²) in [5.41, 5.74) is 4.42. The zero-order valence-corrected chi connectivity index (χ0v) is 18.3. The molecular formula is C21H24ClN5O3. The van der Waals surface area contributed by atoms with Crippen molar-refractivity contribution in [1.29, 1.82) is 0 Å². The third-order valence-corrected chi connectivity index (χ3v) is 5.37. The number of aryl methyl sites for hydroxylation is 3. The number of aromatic nitrogens is 3. The largest absolute Gasteiger partial charge is 0.479 e. The molecule has 2 amide bonds. The molecule has 0 radical (unpaired) electrons. The average molecular weight is 430 g/mol. The van der Waals surface area contributed by atoms with Crippen LogP contribution in [-0.4, -0.2) is 40.7 Å². The highest BCUT2D eigenvalue weighted by molar-refractivity contribution is 6.34. The van der Waals surface area contributed by atoms with Crippen LogP contribution in [0.2, 0.25) is 5.02 Å². The third kappa shape index (κ3) is 4.09. The first-order valence-corrected chi connectivity index (χ1v) is 9.82. The Balaban J connectivity index is 1.78. The number of pyridine rings is 1. The lowest BCUT2D eigenvalue weighted by molar-refractivity contribution is -0.116. The number of hydrogen-bond donors (Lipinski definition) is 2. The molecule has 0 atom stereocenters. The number of nitrogens with zero attached hydrogens (tertiary/aromatic N) is 3. The Bertz CT molecular complexity index is 1140. The van der Waals surface area contributed by atoms with Crippen LogP contribution in [-0.2, 0) is 18.3 Å². The van der Waals surface area contributed by atoms with E-state index in [1.807, 2.05) is 20.9 Å². The van der Waals surface area contributed by atoms with Gasteiger partial charge in [-0.2, -0.15) is 0 Å². The second-order valence-corrected chi connectivity index (χ2v) is 7.36. The molecule has 158 valence electrons. The third-order valence-electron chi connectivity index (χ3n) is 5.04. The first kappa shape index (κ1) is 21.6. The van der Waals surface area contributed by atoms with E-state index >= 15 is 0 Å². The maximum absolute atomic E-state index is 12.5. The summed E-state index contributed by atoms with van der Waals surface area (Å²) in [6.07, 6.45) is 0.774. The molecule has 8 nitrogen and oxygen atoms in total. The molecule has 2 aromatic heterocycles. The summed E-state index contributed by atoms with van der Waals surface area (Å²) < 4.78 is 7.07. The number of fused-ring (bicyclic) bond motifs is 1.